The van der Waals surface area contributed by atoms with E-state index in [1.807, 2.05) is 24.3 Å². The van der Waals surface area contributed by atoms with Gasteiger partial charge < -0.3 is 9.84 Å². The quantitative estimate of drug-likeness (QED) is 0.788. The first-order valence-electron chi connectivity index (χ1n) is 5.95. The van der Waals surface area contributed by atoms with Gasteiger partial charge in [-0.25, -0.2) is 9.78 Å². The zero-order valence-electron chi connectivity index (χ0n) is 10.4. The van der Waals surface area contributed by atoms with Crippen LogP contribution < -0.4 is 4.74 Å². The minimum atomic E-state index is -1.13. The van der Waals surface area contributed by atoms with Crippen molar-refractivity contribution in [3.05, 3.63) is 60.6 Å². The predicted molar refractivity (Wildman–Crippen MR) is 73.0 cm³/mol. The molecule has 0 spiro atoms. The number of nitrogens with zero attached hydrogens (tertiary/aromatic N) is 2. The smallest absolute Gasteiger partial charge is 0.358 e. The van der Waals surface area contributed by atoms with Gasteiger partial charge in [-0.3, -0.25) is 4.98 Å². The standard InChI is InChI=1S/C15H10N2O3/c18-15(19)14-13(6-3-8-17-14)20-12-7-9-16-11-5-2-1-4-10(11)12/h1-9H,(H,18,19). The number of hydrogen-bond acceptors (Lipinski definition) is 4. The van der Waals surface area contributed by atoms with Crippen molar-refractivity contribution < 1.29 is 14.6 Å². The van der Waals surface area contributed by atoms with Crippen molar-refractivity contribution >= 4 is 16.9 Å². The maximum atomic E-state index is 11.1. The Morgan fingerprint density at radius 1 is 0.950 bits per heavy atom. The van der Waals surface area contributed by atoms with Crippen LogP contribution >= 0.6 is 0 Å². The van der Waals surface area contributed by atoms with Gasteiger partial charge in [-0.15, -0.1) is 0 Å². The minimum Gasteiger partial charge on any atom is -0.476 e. The molecule has 2 aromatic heterocycles. The van der Waals surface area contributed by atoms with Gasteiger partial charge in [0, 0.05) is 17.8 Å². The summed E-state index contributed by atoms with van der Waals surface area (Å²) in [7, 11) is 0. The van der Waals surface area contributed by atoms with Gasteiger partial charge in [-0.1, -0.05) is 12.1 Å². The molecule has 2 heterocycles. The predicted octanol–water partition coefficient (Wildman–Crippen LogP) is 3.12. The number of rotatable bonds is 3. The summed E-state index contributed by atoms with van der Waals surface area (Å²) in [5, 5.41) is 9.92. The minimum absolute atomic E-state index is 0.117. The molecule has 0 aliphatic rings. The monoisotopic (exact) mass is 266 g/mol. The topological polar surface area (TPSA) is 72.3 Å². The second-order valence-corrected chi connectivity index (χ2v) is 4.08. The fourth-order valence-corrected chi connectivity index (χ4v) is 1.91. The maximum Gasteiger partial charge on any atom is 0.358 e. The van der Waals surface area contributed by atoms with E-state index in [4.69, 9.17) is 9.84 Å². The van der Waals surface area contributed by atoms with Crippen molar-refractivity contribution in [2.45, 2.75) is 0 Å². The molecule has 0 fully saturated rings. The first-order valence-corrected chi connectivity index (χ1v) is 5.95. The highest BCUT2D eigenvalue weighted by Gasteiger charge is 2.14. The Hall–Kier alpha value is -2.95. The zero-order chi connectivity index (χ0) is 13.9. The number of para-hydroxylation sites is 1. The summed E-state index contributed by atoms with van der Waals surface area (Å²) in [4.78, 5) is 19.2. The van der Waals surface area contributed by atoms with Gasteiger partial charge in [-0.05, 0) is 30.3 Å². The molecule has 5 heteroatoms. The average Bonchev–Trinajstić information content (AvgIpc) is 2.48. The molecule has 0 amide bonds. The fraction of sp³-hybridized carbons (Fsp3) is 0. The van der Waals surface area contributed by atoms with Crippen molar-refractivity contribution in [3.63, 3.8) is 0 Å². The largest absolute Gasteiger partial charge is 0.476 e. The average molecular weight is 266 g/mol. The van der Waals surface area contributed by atoms with Gasteiger partial charge in [0.1, 0.15) is 5.75 Å². The van der Waals surface area contributed by atoms with E-state index in [-0.39, 0.29) is 11.4 Å². The molecular weight excluding hydrogens is 256 g/mol. The van der Waals surface area contributed by atoms with Gasteiger partial charge in [-0.2, -0.15) is 0 Å². The van der Waals surface area contributed by atoms with E-state index in [2.05, 4.69) is 9.97 Å². The summed E-state index contributed by atoms with van der Waals surface area (Å²) in [6.07, 6.45) is 3.04. The molecule has 0 saturated carbocycles. The van der Waals surface area contributed by atoms with Gasteiger partial charge in [0.25, 0.3) is 0 Å². The lowest BCUT2D eigenvalue weighted by molar-refractivity contribution is 0.0687. The van der Waals surface area contributed by atoms with Crippen LogP contribution in [0.3, 0.4) is 0 Å². The Balaban J connectivity index is 2.08. The van der Waals surface area contributed by atoms with Crippen LogP contribution in [-0.2, 0) is 0 Å². The first-order chi connectivity index (χ1) is 9.75. The van der Waals surface area contributed by atoms with Crippen molar-refractivity contribution in [1.82, 2.24) is 9.97 Å². The second-order valence-electron chi connectivity index (χ2n) is 4.08. The molecule has 98 valence electrons. The van der Waals surface area contributed by atoms with Crippen molar-refractivity contribution in [3.8, 4) is 11.5 Å². The highest BCUT2D eigenvalue weighted by molar-refractivity contribution is 5.89. The van der Waals surface area contributed by atoms with E-state index in [9.17, 15) is 4.79 Å². The summed E-state index contributed by atoms with van der Waals surface area (Å²) >= 11 is 0. The molecular formula is C15H10N2O3. The van der Waals surface area contributed by atoms with E-state index in [1.165, 1.54) is 6.20 Å². The molecule has 0 atom stereocenters. The zero-order valence-corrected chi connectivity index (χ0v) is 10.4. The molecule has 20 heavy (non-hydrogen) atoms. The number of hydrogen-bond donors (Lipinski definition) is 1. The Morgan fingerprint density at radius 3 is 2.65 bits per heavy atom. The molecule has 0 radical (unpaired) electrons. The van der Waals surface area contributed by atoms with Gasteiger partial charge >= 0.3 is 5.97 Å². The third-order valence-corrected chi connectivity index (χ3v) is 2.80. The molecule has 0 aliphatic heterocycles. The number of carbonyl (C=O) groups is 1. The summed E-state index contributed by atoms with van der Waals surface area (Å²) in [5.74, 6) is -0.374. The molecule has 0 unspecified atom stereocenters. The van der Waals surface area contributed by atoms with Crippen LogP contribution in [0.2, 0.25) is 0 Å². The number of aromatic carboxylic acids is 1. The third kappa shape index (κ3) is 2.16. The lowest BCUT2D eigenvalue weighted by Crippen LogP contribution is -2.02. The van der Waals surface area contributed by atoms with Gasteiger partial charge in [0.05, 0.1) is 5.52 Å². The van der Waals surface area contributed by atoms with Crippen LogP contribution in [0.4, 0.5) is 0 Å². The summed E-state index contributed by atoms with van der Waals surface area (Å²) in [6.45, 7) is 0. The molecule has 0 bridgehead atoms. The van der Waals surface area contributed by atoms with Crippen LogP contribution in [0.1, 0.15) is 10.5 Å². The summed E-state index contributed by atoms with van der Waals surface area (Å²) in [5.41, 5.74) is 0.666. The Morgan fingerprint density at radius 2 is 1.80 bits per heavy atom. The Bertz CT molecular complexity index is 781. The number of carboxylic acid groups (broad SMARTS) is 1. The lowest BCUT2D eigenvalue weighted by atomic mass is 10.2. The van der Waals surface area contributed by atoms with E-state index in [0.29, 0.717) is 5.75 Å². The van der Waals surface area contributed by atoms with Crippen LogP contribution in [0, 0.1) is 0 Å². The van der Waals surface area contributed by atoms with Crippen molar-refractivity contribution in [2.75, 3.05) is 0 Å². The van der Waals surface area contributed by atoms with Crippen molar-refractivity contribution in [2.24, 2.45) is 0 Å². The van der Waals surface area contributed by atoms with Gasteiger partial charge in [0.15, 0.2) is 11.4 Å². The third-order valence-electron chi connectivity index (χ3n) is 2.80. The number of fused-ring (bicyclic) bond motifs is 1. The number of carboxylic acids is 1. The Labute approximate surface area is 114 Å². The SMILES string of the molecule is O=C(O)c1ncccc1Oc1ccnc2ccccc12. The number of pyridine rings is 2. The molecule has 3 aromatic rings. The van der Waals surface area contributed by atoms with E-state index < -0.39 is 5.97 Å². The maximum absolute atomic E-state index is 11.1. The van der Waals surface area contributed by atoms with Crippen LogP contribution in [-0.4, -0.2) is 21.0 Å². The van der Waals surface area contributed by atoms with Crippen molar-refractivity contribution in [1.29, 1.82) is 0 Å². The molecule has 5 nitrogen and oxygen atoms in total. The van der Waals surface area contributed by atoms with E-state index in [1.54, 1.807) is 24.4 Å². The molecule has 3 rings (SSSR count). The van der Waals surface area contributed by atoms with Crippen LogP contribution in [0.5, 0.6) is 11.5 Å². The number of ether oxygens (including phenoxy) is 1. The van der Waals surface area contributed by atoms with E-state index in [0.717, 1.165) is 10.9 Å². The molecule has 1 aromatic carbocycles. The van der Waals surface area contributed by atoms with Crippen LogP contribution in [0.15, 0.2) is 54.9 Å². The highest BCUT2D eigenvalue weighted by atomic mass is 16.5. The van der Waals surface area contributed by atoms with E-state index >= 15 is 0 Å². The number of aromatic nitrogens is 2. The Kier molecular flexibility index (Phi) is 3.01. The highest BCUT2D eigenvalue weighted by Crippen LogP contribution is 2.29. The summed E-state index contributed by atoms with van der Waals surface area (Å²) in [6, 6.07) is 12.4. The second kappa shape index (κ2) is 4.97. The normalized spacial score (nSPS) is 10.4. The summed E-state index contributed by atoms with van der Waals surface area (Å²) < 4.78 is 5.70. The molecule has 0 saturated heterocycles. The lowest BCUT2D eigenvalue weighted by Gasteiger charge is -2.09. The molecule has 1 N–H and O–H groups in total. The first kappa shape index (κ1) is 12.1. The molecule has 0 aliphatic carbocycles. The fourth-order valence-electron chi connectivity index (χ4n) is 1.91. The van der Waals surface area contributed by atoms with Crippen LogP contribution in [0.25, 0.3) is 10.9 Å². The van der Waals surface area contributed by atoms with Gasteiger partial charge in [0.2, 0.25) is 0 Å². The number of benzene rings is 1.